The Kier molecular flexibility index (Phi) is 4.21. The summed E-state index contributed by atoms with van der Waals surface area (Å²) in [6.07, 6.45) is 5.84. The molecule has 1 amide bonds. The fourth-order valence-electron chi connectivity index (χ4n) is 4.77. The maximum atomic E-state index is 13.2. The van der Waals surface area contributed by atoms with Crippen molar-refractivity contribution in [2.75, 3.05) is 26.7 Å². The zero-order chi connectivity index (χ0) is 19.3. The van der Waals surface area contributed by atoms with Gasteiger partial charge in [-0.05, 0) is 19.9 Å². The molecule has 0 atom stereocenters. The van der Waals surface area contributed by atoms with E-state index in [1.807, 2.05) is 4.90 Å². The van der Waals surface area contributed by atoms with Gasteiger partial charge in [0.05, 0.1) is 11.9 Å². The molecule has 2 aromatic heterocycles. The van der Waals surface area contributed by atoms with Gasteiger partial charge < -0.3 is 14.4 Å². The Labute approximate surface area is 156 Å². The van der Waals surface area contributed by atoms with Gasteiger partial charge in [0.25, 0.3) is 5.56 Å². The molecule has 4 rings (SSSR count). The van der Waals surface area contributed by atoms with Crippen LogP contribution in [-0.4, -0.2) is 66.6 Å². The van der Waals surface area contributed by atoms with Crippen molar-refractivity contribution in [3.8, 4) is 0 Å². The molecule has 1 spiro atoms. The van der Waals surface area contributed by atoms with E-state index in [0.29, 0.717) is 17.7 Å². The number of hydrogen-bond donors (Lipinski definition) is 0. The Hall–Kier alpha value is -2.42. The molecular weight excluding hydrogens is 348 g/mol. The van der Waals surface area contributed by atoms with Crippen molar-refractivity contribution in [2.45, 2.75) is 37.8 Å². The highest BCUT2D eigenvalue weighted by Gasteiger charge is 2.45. The molecule has 0 N–H and O–H groups in total. The number of likely N-dealkylation sites (N-methyl/N-ethyl adjacent to an activating group) is 1. The molecule has 146 valence electrons. The minimum atomic E-state index is -0.424. The first-order valence-corrected chi connectivity index (χ1v) is 9.44. The van der Waals surface area contributed by atoms with Crippen molar-refractivity contribution in [2.24, 2.45) is 14.1 Å². The molecule has 0 aromatic carbocycles. The second-order valence-electron chi connectivity index (χ2n) is 7.97. The van der Waals surface area contributed by atoms with E-state index in [-0.39, 0.29) is 18.0 Å². The van der Waals surface area contributed by atoms with Gasteiger partial charge in [0, 0.05) is 33.7 Å². The SMILES string of the molecule is CN1CCN(C(=O)Cn2cnc3c2c(=O)n(C)c(=O)n3C)C2(CCCC2)C1. The fraction of sp³-hybridized carbons (Fsp3) is 0.667. The molecule has 3 heterocycles. The monoisotopic (exact) mass is 374 g/mol. The Morgan fingerprint density at radius 1 is 1.11 bits per heavy atom. The molecule has 1 saturated heterocycles. The molecule has 1 aliphatic heterocycles. The van der Waals surface area contributed by atoms with Crippen molar-refractivity contribution >= 4 is 17.1 Å². The van der Waals surface area contributed by atoms with E-state index in [9.17, 15) is 14.4 Å². The number of aromatic nitrogens is 4. The van der Waals surface area contributed by atoms with Crippen LogP contribution in [0.3, 0.4) is 0 Å². The number of hydrogen-bond acceptors (Lipinski definition) is 5. The summed E-state index contributed by atoms with van der Waals surface area (Å²) in [5.74, 6) is 0.0141. The maximum Gasteiger partial charge on any atom is 0.332 e. The highest BCUT2D eigenvalue weighted by atomic mass is 16.2. The van der Waals surface area contributed by atoms with Gasteiger partial charge in [0.15, 0.2) is 11.2 Å². The normalized spacial score (nSPS) is 20.0. The van der Waals surface area contributed by atoms with Crippen LogP contribution in [-0.2, 0) is 25.4 Å². The first-order chi connectivity index (χ1) is 12.8. The number of aryl methyl sites for hydroxylation is 1. The van der Waals surface area contributed by atoms with Gasteiger partial charge in [-0.2, -0.15) is 0 Å². The summed E-state index contributed by atoms with van der Waals surface area (Å²) < 4.78 is 3.98. The van der Waals surface area contributed by atoms with Crippen LogP contribution in [0.5, 0.6) is 0 Å². The molecule has 27 heavy (non-hydrogen) atoms. The summed E-state index contributed by atoms with van der Waals surface area (Å²) in [5.41, 5.74) is -0.328. The molecule has 0 bridgehead atoms. The average molecular weight is 374 g/mol. The predicted molar refractivity (Wildman–Crippen MR) is 101 cm³/mol. The van der Waals surface area contributed by atoms with Crippen LogP contribution in [0.4, 0.5) is 0 Å². The van der Waals surface area contributed by atoms with Gasteiger partial charge in [0.1, 0.15) is 6.54 Å². The molecular formula is C18H26N6O3. The van der Waals surface area contributed by atoms with Gasteiger partial charge >= 0.3 is 5.69 Å². The van der Waals surface area contributed by atoms with Gasteiger partial charge in [-0.25, -0.2) is 9.78 Å². The molecule has 1 aliphatic carbocycles. The number of carbonyl (C=O) groups is 1. The summed E-state index contributed by atoms with van der Waals surface area (Å²) in [5, 5.41) is 0. The van der Waals surface area contributed by atoms with Crippen LogP contribution in [0.15, 0.2) is 15.9 Å². The number of imidazole rings is 1. The smallest absolute Gasteiger partial charge is 0.332 e. The second-order valence-corrected chi connectivity index (χ2v) is 7.97. The Morgan fingerprint density at radius 2 is 1.81 bits per heavy atom. The lowest BCUT2D eigenvalue weighted by Gasteiger charge is -2.48. The van der Waals surface area contributed by atoms with E-state index >= 15 is 0 Å². The van der Waals surface area contributed by atoms with Crippen molar-refractivity contribution in [3.05, 3.63) is 27.2 Å². The predicted octanol–water partition coefficient (Wildman–Crippen LogP) is -0.479. The minimum absolute atomic E-state index is 0.0141. The summed E-state index contributed by atoms with van der Waals surface area (Å²) in [6, 6.07) is 0. The first kappa shape index (κ1) is 18.0. The van der Waals surface area contributed by atoms with E-state index in [4.69, 9.17) is 0 Å². The third kappa shape index (κ3) is 2.72. The van der Waals surface area contributed by atoms with Crippen LogP contribution in [0.25, 0.3) is 11.2 Å². The van der Waals surface area contributed by atoms with Crippen molar-refractivity contribution in [1.29, 1.82) is 0 Å². The first-order valence-electron chi connectivity index (χ1n) is 9.44. The summed E-state index contributed by atoms with van der Waals surface area (Å²) in [6.45, 7) is 2.53. The van der Waals surface area contributed by atoms with Crippen molar-refractivity contribution < 1.29 is 4.79 Å². The molecule has 0 radical (unpaired) electrons. The molecule has 2 aliphatic rings. The quantitative estimate of drug-likeness (QED) is 0.709. The number of carbonyl (C=O) groups excluding carboxylic acids is 1. The number of fused-ring (bicyclic) bond motifs is 1. The highest BCUT2D eigenvalue weighted by molar-refractivity contribution is 5.80. The van der Waals surface area contributed by atoms with Gasteiger partial charge in [-0.1, -0.05) is 12.8 Å². The summed E-state index contributed by atoms with van der Waals surface area (Å²) in [4.78, 5) is 46.4. The number of nitrogens with zero attached hydrogens (tertiary/aromatic N) is 6. The largest absolute Gasteiger partial charge is 0.333 e. The van der Waals surface area contributed by atoms with E-state index in [2.05, 4.69) is 16.9 Å². The lowest BCUT2D eigenvalue weighted by Crippen LogP contribution is -2.62. The molecule has 1 saturated carbocycles. The van der Waals surface area contributed by atoms with Crippen molar-refractivity contribution in [1.82, 2.24) is 28.5 Å². The maximum absolute atomic E-state index is 13.2. The highest BCUT2D eigenvalue weighted by Crippen LogP contribution is 2.38. The molecule has 0 unspecified atom stereocenters. The van der Waals surface area contributed by atoms with Crippen LogP contribution < -0.4 is 11.2 Å². The Morgan fingerprint density at radius 3 is 2.52 bits per heavy atom. The standard InChI is InChI=1S/C18H26N6O3/c1-20-8-9-24(18(11-20)6-4-5-7-18)13(25)10-23-12-19-15-14(23)16(26)22(3)17(27)21(15)2/h12H,4-11H2,1-3H3. The second kappa shape index (κ2) is 6.33. The summed E-state index contributed by atoms with van der Waals surface area (Å²) in [7, 11) is 5.13. The van der Waals surface area contributed by atoms with Gasteiger partial charge in [0.2, 0.25) is 5.91 Å². The molecule has 9 heteroatoms. The van der Waals surface area contributed by atoms with Crippen LogP contribution >= 0.6 is 0 Å². The fourth-order valence-corrected chi connectivity index (χ4v) is 4.77. The lowest BCUT2D eigenvalue weighted by molar-refractivity contribution is -0.142. The Balaban J connectivity index is 1.69. The zero-order valence-corrected chi connectivity index (χ0v) is 16.1. The van der Waals surface area contributed by atoms with Gasteiger partial charge in [-0.3, -0.25) is 18.7 Å². The molecule has 2 fully saturated rings. The molecule has 9 nitrogen and oxygen atoms in total. The number of piperazine rings is 1. The van der Waals surface area contributed by atoms with Gasteiger partial charge in [-0.15, -0.1) is 0 Å². The Bertz CT molecular complexity index is 1010. The van der Waals surface area contributed by atoms with E-state index in [1.165, 1.54) is 17.9 Å². The average Bonchev–Trinajstić information content (AvgIpc) is 3.26. The third-order valence-corrected chi connectivity index (χ3v) is 6.20. The lowest BCUT2D eigenvalue weighted by atomic mass is 9.91. The minimum Gasteiger partial charge on any atom is -0.333 e. The van der Waals surface area contributed by atoms with E-state index in [1.54, 1.807) is 11.6 Å². The van der Waals surface area contributed by atoms with Crippen LogP contribution in [0, 0.1) is 0 Å². The zero-order valence-electron chi connectivity index (χ0n) is 16.1. The van der Waals surface area contributed by atoms with Crippen LogP contribution in [0.1, 0.15) is 25.7 Å². The van der Waals surface area contributed by atoms with Crippen molar-refractivity contribution in [3.63, 3.8) is 0 Å². The van der Waals surface area contributed by atoms with Crippen LogP contribution in [0.2, 0.25) is 0 Å². The summed E-state index contributed by atoms with van der Waals surface area (Å²) >= 11 is 0. The molecule has 2 aromatic rings. The number of rotatable bonds is 2. The third-order valence-electron chi connectivity index (χ3n) is 6.20. The number of amides is 1. The topological polar surface area (TPSA) is 85.4 Å². The van der Waals surface area contributed by atoms with E-state index < -0.39 is 11.2 Å². The van der Waals surface area contributed by atoms with E-state index in [0.717, 1.165) is 43.3 Å².